The number of aryl methyl sites for hydroxylation is 1. The molecule has 0 bridgehead atoms. The molecule has 3 heteroatoms. The van der Waals surface area contributed by atoms with Crippen LogP contribution < -0.4 is 10.5 Å². The molecule has 0 saturated carbocycles. The van der Waals surface area contributed by atoms with E-state index in [0.717, 1.165) is 31.6 Å². The average molecular weight is 265 g/mol. The first-order valence-electron chi connectivity index (χ1n) is 6.90. The van der Waals surface area contributed by atoms with Crippen LogP contribution in [0.5, 0.6) is 5.75 Å². The van der Waals surface area contributed by atoms with E-state index in [9.17, 15) is 0 Å². The second-order valence-electron chi connectivity index (χ2n) is 4.76. The first-order chi connectivity index (χ1) is 8.81. The van der Waals surface area contributed by atoms with E-state index in [-0.39, 0.29) is 6.04 Å². The normalized spacial score (nSPS) is 18.4. The highest BCUT2D eigenvalue weighted by molar-refractivity contribution is 7.99. The molecule has 0 heterocycles. The zero-order valence-electron chi connectivity index (χ0n) is 11.2. The van der Waals surface area contributed by atoms with Crippen LogP contribution in [0.4, 0.5) is 0 Å². The van der Waals surface area contributed by atoms with Crippen molar-refractivity contribution in [1.29, 1.82) is 0 Å². The van der Waals surface area contributed by atoms with Crippen molar-refractivity contribution < 1.29 is 4.74 Å². The Morgan fingerprint density at radius 3 is 3.17 bits per heavy atom. The van der Waals surface area contributed by atoms with Gasteiger partial charge >= 0.3 is 0 Å². The van der Waals surface area contributed by atoms with Crippen molar-refractivity contribution in [3.05, 3.63) is 29.3 Å². The van der Waals surface area contributed by atoms with Crippen molar-refractivity contribution in [3.63, 3.8) is 0 Å². The number of ether oxygens (including phenoxy) is 1. The summed E-state index contributed by atoms with van der Waals surface area (Å²) in [5.74, 6) is 3.35. The molecule has 2 N–H and O–H groups in total. The van der Waals surface area contributed by atoms with Crippen LogP contribution in [0, 0.1) is 0 Å². The number of nitrogens with two attached hydrogens (primary N) is 1. The van der Waals surface area contributed by atoms with Gasteiger partial charge in [0.15, 0.2) is 0 Å². The monoisotopic (exact) mass is 265 g/mol. The molecule has 1 aliphatic carbocycles. The fourth-order valence-electron chi connectivity index (χ4n) is 2.40. The molecule has 1 aromatic carbocycles. The van der Waals surface area contributed by atoms with Gasteiger partial charge in [-0.15, -0.1) is 0 Å². The Kier molecular flexibility index (Phi) is 5.39. The van der Waals surface area contributed by atoms with Gasteiger partial charge in [0.1, 0.15) is 5.75 Å². The van der Waals surface area contributed by atoms with Crippen molar-refractivity contribution in [1.82, 2.24) is 0 Å². The number of thioether (sulfide) groups is 1. The van der Waals surface area contributed by atoms with Crippen LogP contribution in [0.2, 0.25) is 0 Å². The zero-order chi connectivity index (χ0) is 12.8. The highest BCUT2D eigenvalue weighted by Crippen LogP contribution is 2.30. The minimum Gasteiger partial charge on any atom is -0.494 e. The number of hydrogen-bond donors (Lipinski definition) is 1. The Balaban J connectivity index is 1.88. The SMILES string of the molecule is CCSCCCOc1ccc2c(c1)[C@H](N)CCC2. The maximum absolute atomic E-state index is 6.15. The van der Waals surface area contributed by atoms with E-state index in [1.54, 1.807) is 0 Å². The molecule has 0 spiro atoms. The predicted octanol–water partition coefficient (Wildman–Crippen LogP) is 3.54. The van der Waals surface area contributed by atoms with Crippen LogP contribution in [-0.4, -0.2) is 18.1 Å². The van der Waals surface area contributed by atoms with Crippen LogP contribution in [0.1, 0.15) is 43.4 Å². The van der Waals surface area contributed by atoms with Crippen molar-refractivity contribution in [2.24, 2.45) is 5.73 Å². The lowest BCUT2D eigenvalue weighted by atomic mass is 9.88. The highest BCUT2D eigenvalue weighted by Gasteiger charge is 2.17. The molecular weight excluding hydrogens is 242 g/mol. The molecule has 1 atom stereocenters. The second-order valence-corrected chi connectivity index (χ2v) is 6.15. The predicted molar refractivity (Wildman–Crippen MR) is 79.4 cm³/mol. The van der Waals surface area contributed by atoms with E-state index in [4.69, 9.17) is 10.5 Å². The lowest BCUT2D eigenvalue weighted by Crippen LogP contribution is -2.17. The smallest absolute Gasteiger partial charge is 0.119 e. The molecule has 0 amide bonds. The van der Waals surface area contributed by atoms with Gasteiger partial charge in [0.2, 0.25) is 0 Å². The Bertz CT molecular complexity index is 381. The summed E-state index contributed by atoms with van der Waals surface area (Å²) in [7, 11) is 0. The molecule has 2 rings (SSSR count). The third kappa shape index (κ3) is 3.66. The summed E-state index contributed by atoms with van der Waals surface area (Å²) >= 11 is 1.97. The first kappa shape index (κ1) is 13.8. The van der Waals surface area contributed by atoms with E-state index in [1.165, 1.54) is 29.1 Å². The summed E-state index contributed by atoms with van der Waals surface area (Å²) in [6.07, 6.45) is 4.59. The third-order valence-electron chi connectivity index (χ3n) is 3.38. The summed E-state index contributed by atoms with van der Waals surface area (Å²) in [5, 5.41) is 0. The van der Waals surface area contributed by atoms with Gasteiger partial charge in [-0.2, -0.15) is 11.8 Å². The van der Waals surface area contributed by atoms with Gasteiger partial charge in [0.25, 0.3) is 0 Å². The molecule has 0 radical (unpaired) electrons. The molecule has 1 aromatic rings. The summed E-state index contributed by atoms with van der Waals surface area (Å²) in [5.41, 5.74) is 8.85. The highest BCUT2D eigenvalue weighted by atomic mass is 32.2. The van der Waals surface area contributed by atoms with Crippen LogP contribution in [0.3, 0.4) is 0 Å². The quantitative estimate of drug-likeness (QED) is 0.799. The van der Waals surface area contributed by atoms with Crippen LogP contribution in [0.15, 0.2) is 18.2 Å². The van der Waals surface area contributed by atoms with Crippen LogP contribution >= 0.6 is 11.8 Å². The minimum absolute atomic E-state index is 0.202. The van der Waals surface area contributed by atoms with Crippen molar-refractivity contribution >= 4 is 11.8 Å². The van der Waals surface area contributed by atoms with Crippen LogP contribution in [0.25, 0.3) is 0 Å². The molecule has 0 aliphatic heterocycles. The molecule has 100 valence electrons. The third-order valence-corrected chi connectivity index (χ3v) is 4.37. The largest absolute Gasteiger partial charge is 0.494 e. The Labute approximate surface area is 114 Å². The van der Waals surface area contributed by atoms with Gasteiger partial charge in [0.05, 0.1) is 6.61 Å². The molecular formula is C15H23NOS. The molecule has 0 aromatic heterocycles. The van der Waals surface area contributed by atoms with Gasteiger partial charge in [-0.1, -0.05) is 13.0 Å². The molecule has 0 saturated heterocycles. The molecule has 2 nitrogen and oxygen atoms in total. The van der Waals surface area contributed by atoms with E-state index in [1.807, 2.05) is 11.8 Å². The topological polar surface area (TPSA) is 35.2 Å². The summed E-state index contributed by atoms with van der Waals surface area (Å²) in [6.45, 7) is 3.00. The maximum atomic E-state index is 6.15. The van der Waals surface area contributed by atoms with Crippen molar-refractivity contribution in [3.8, 4) is 5.75 Å². The Morgan fingerprint density at radius 1 is 1.44 bits per heavy atom. The van der Waals surface area contributed by atoms with Crippen LogP contribution in [-0.2, 0) is 6.42 Å². The van der Waals surface area contributed by atoms with Crippen molar-refractivity contribution in [2.45, 2.75) is 38.6 Å². The molecule has 1 aliphatic rings. The standard InChI is InChI=1S/C15H23NOS/c1-2-18-10-4-9-17-13-8-7-12-5-3-6-15(16)14(12)11-13/h7-8,11,15H,2-6,9-10,16H2,1H3/t15-/m1/s1. The van der Waals surface area contributed by atoms with Gasteiger partial charge in [0, 0.05) is 6.04 Å². The lowest BCUT2D eigenvalue weighted by Gasteiger charge is -2.22. The number of rotatable bonds is 6. The number of hydrogen-bond acceptors (Lipinski definition) is 3. The van der Waals surface area contributed by atoms with E-state index >= 15 is 0 Å². The van der Waals surface area contributed by atoms with Gasteiger partial charge in [-0.3, -0.25) is 0 Å². The zero-order valence-corrected chi connectivity index (χ0v) is 12.0. The summed E-state index contributed by atoms with van der Waals surface area (Å²) in [4.78, 5) is 0. The second kappa shape index (κ2) is 7.05. The van der Waals surface area contributed by atoms with Gasteiger partial charge in [-0.05, 0) is 60.4 Å². The van der Waals surface area contributed by atoms with E-state index in [2.05, 4.69) is 25.1 Å². The minimum atomic E-state index is 0.202. The molecule has 0 fully saturated rings. The average Bonchev–Trinajstić information content (AvgIpc) is 2.39. The fraction of sp³-hybridized carbons (Fsp3) is 0.600. The fourth-order valence-corrected chi connectivity index (χ4v) is 3.01. The molecule has 18 heavy (non-hydrogen) atoms. The van der Waals surface area contributed by atoms with Crippen molar-refractivity contribution in [2.75, 3.05) is 18.1 Å². The number of benzene rings is 1. The number of fused-ring (bicyclic) bond motifs is 1. The van der Waals surface area contributed by atoms with E-state index in [0.29, 0.717) is 0 Å². The Morgan fingerprint density at radius 2 is 2.33 bits per heavy atom. The summed E-state index contributed by atoms with van der Waals surface area (Å²) in [6, 6.07) is 6.62. The lowest BCUT2D eigenvalue weighted by molar-refractivity contribution is 0.318. The van der Waals surface area contributed by atoms with Gasteiger partial charge in [-0.25, -0.2) is 0 Å². The maximum Gasteiger partial charge on any atom is 0.119 e. The first-order valence-corrected chi connectivity index (χ1v) is 8.05. The summed E-state index contributed by atoms with van der Waals surface area (Å²) < 4.78 is 5.80. The van der Waals surface area contributed by atoms with Gasteiger partial charge < -0.3 is 10.5 Å². The Hall–Kier alpha value is -0.670. The van der Waals surface area contributed by atoms with E-state index < -0.39 is 0 Å². The molecule has 0 unspecified atom stereocenters.